The summed E-state index contributed by atoms with van der Waals surface area (Å²) in [4.78, 5) is 4.08. The highest BCUT2D eigenvalue weighted by molar-refractivity contribution is 7.92. The first-order valence-electron chi connectivity index (χ1n) is 5.01. The van der Waals surface area contributed by atoms with Gasteiger partial charge in [0.2, 0.25) is 9.84 Å². The van der Waals surface area contributed by atoms with Crippen molar-refractivity contribution < 1.29 is 8.42 Å². The van der Waals surface area contributed by atoms with Gasteiger partial charge in [-0.1, -0.05) is 6.07 Å². The molecule has 0 N–H and O–H groups in total. The molecule has 4 nitrogen and oxygen atoms in total. The zero-order valence-electron chi connectivity index (χ0n) is 9.51. The fraction of sp³-hybridized carbons (Fsp3) is 0.364. The Balaban J connectivity index is 2.75. The quantitative estimate of drug-likeness (QED) is 0.762. The summed E-state index contributed by atoms with van der Waals surface area (Å²) in [6, 6.07) is 5.40. The highest BCUT2D eigenvalue weighted by Gasteiger charge is 2.33. The summed E-state index contributed by atoms with van der Waals surface area (Å²) < 4.78 is 25.3. The molecule has 2 aromatic heterocycles. The fourth-order valence-electron chi connectivity index (χ4n) is 1.42. The molecule has 2 aromatic rings. The summed E-state index contributed by atoms with van der Waals surface area (Å²) in [5.74, 6) is 0. The van der Waals surface area contributed by atoms with Crippen LogP contribution >= 0.6 is 0 Å². The van der Waals surface area contributed by atoms with Crippen molar-refractivity contribution in [3.63, 3.8) is 0 Å². The van der Waals surface area contributed by atoms with Crippen molar-refractivity contribution in [1.82, 2.24) is 9.38 Å². The van der Waals surface area contributed by atoms with Crippen LogP contribution in [0, 0.1) is 0 Å². The minimum absolute atomic E-state index is 0.246. The normalized spacial score (nSPS) is 13.2. The summed E-state index contributed by atoms with van der Waals surface area (Å²) in [5.41, 5.74) is 0.644. The molecule has 0 unspecified atom stereocenters. The van der Waals surface area contributed by atoms with E-state index in [1.54, 1.807) is 43.5 Å². The van der Waals surface area contributed by atoms with Crippen LogP contribution in [0.1, 0.15) is 20.8 Å². The Labute approximate surface area is 94.9 Å². The maximum atomic E-state index is 12.3. The van der Waals surface area contributed by atoms with Gasteiger partial charge in [-0.25, -0.2) is 13.4 Å². The highest BCUT2D eigenvalue weighted by atomic mass is 32.2. The van der Waals surface area contributed by atoms with Gasteiger partial charge in [0.1, 0.15) is 5.65 Å². The van der Waals surface area contributed by atoms with Gasteiger partial charge in [0.15, 0.2) is 5.03 Å². The second kappa shape index (κ2) is 3.31. The molecule has 0 amide bonds. The first kappa shape index (κ1) is 11.1. The first-order chi connectivity index (χ1) is 7.34. The average molecular weight is 238 g/mol. The fourth-order valence-corrected chi connectivity index (χ4v) is 2.65. The molecule has 0 saturated heterocycles. The number of rotatable bonds is 1. The molecule has 2 heterocycles. The summed E-state index contributed by atoms with van der Waals surface area (Å²) in [5, 5.41) is 0.246. The van der Waals surface area contributed by atoms with Crippen LogP contribution in [0.4, 0.5) is 0 Å². The lowest BCUT2D eigenvalue weighted by Crippen LogP contribution is -2.28. The predicted octanol–water partition coefficient (Wildman–Crippen LogP) is 1.91. The third kappa shape index (κ3) is 1.51. The Morgan fingerprint density at radius 1 is 1.25 bits per heavy atom. The number of hydrogen-bond donors (Lipinski definition) is 0. The van der Waals surface area contributed by atoms with Crippen LogP contribution in [0.15, 0.2) is 35.6 Å². The summed E-state index contributed by atoms with van der Waals surface area (Å²) >= 11 is 0. The Kier molecular flexibility index (Phi) is 2.31. The van der Waals surface area contributed by atoms with Crippen molar-refractivity contribution >= 4 is 15.5 Å². The van der Waals surface area contributed by atoms with Crippen LogP contribution in [0.3, 0.4) is 0 Å². The largest absolute Gasteiger partial charge is 0.291 e. The highest BCUT2D eigenvalue weighted by Crippen LogP contribution is 2.25. The van der Waals surface area contributed by atoms with E-state index in [1.165, 1.54) is 6.20 Å². The lowest BCUT2D eigenvalue weighted by atomic mass is 10.3. The number of aromatic nitrogens is 2. The van der Waals surface area contributed by atoms with Crippen LogP contribution < -0.4 is 0 Å². The summed E-state index contributed by atoms with van der Waals surface area (Å²) in [6.45, 7) is 5.06. The smallest absolute Gasteiger partial charge is 0.200 e. The van der Waals surface area contributed by atoms with Crippen molar-refractivity contribution in [1.29, 1.82) is 0 Å². The second-order valence-corrected chi connectivity index (χ2v) is 7.29. The van der Waals surface area contributed by atoms with Gasteiger partial charge in [-0.3, -0.25) is 4.40 Å². The molecule has 2 rings (SSSR count). The van der Waals surface area contributed by atoms with E-state index >= 15 is 0 Å². The Hall–Kier alpha value is -1.36. The van der Waals surface area contributed by atoms with E-state index < -0.39 is 14.6 Å². The SMILES string of the molecule is CC(C)(C)S(=O)(=O)c1cnc2ccccn12. The van der Waals surface area contributed by atoms with Crippen molar-refractivity contribution in [2.45, 2.75) is 30.5 Å². The van der Waals surface area contributed by atoms with Crippen LogP contribution in [0.25, 0.3) is 5.65 Å². The van der Waals surface area contributed by atoms with E-state index in [-0.39, 0.29) is 5.03 Å². The lowest BCUT2D eigenvalue weighted by molar-refractivity contribution is 0.555. The number of sulfone groups is 1. The molecular formula is C11H14N2O2S. The van der Waals surface area contributed by atoms with Crippen molar-refractivity contribution in [2.24, 2.45) is 0 Å². The van der Waals surface area contributed by atoms with Crippen LogP contribution in [0.2, 0.25) is 0 Å². The molecule has 0 aliphatic carbocycles. The third-order valence-electron chi connectivity index (χ3n) is 2.46. The molecule has 0 atom stereocenters. The molecule has 0 aliphatic heterocycles. The van der Waals surface area contributed by atoms with Crippen molar-refractivity contribution in [3.8, 4) is 0 Å². The topological polar surface area (TPSA) is 51.4 Å². The van der Waals surface area contributed by atoms with Gasteiger partial charge in [-0.2, -0.15) is 0 Å². The van der Waals surface area contributed by atoms with Crippen molar-refractivity contribution in [2.75, 3.05) is 0 Å². The minimum Gasteiger partial charge on any atom is -0.291 e. The zero-order valence-corrected chi connectivity index (χ0v) is 10.3. The van der Waals surface area contributed by atoms with Gasteiger partial charge in [-0.15, -0.1) is 0 Å². The van der Waals surface area contributed by atoms with E-state index in [0.717, 1.165) is 0 Å². The molecule has 0 bridgehead atoms. The number of imidazole rings is 1. The van der Waals surface area contributed by atoms with Crippen LogP contribution in [-0.4, -0.2) is 22.5 Å². The molecule has 86 valence electrons. The van der Waals surface area contributed by atoms with Crippen LogP contribution in [0.5, 0.6) is 0 Å². The van der Waals surface area contributed by atoms with Crippen molar-refractivity contribution in [3.05, 3.63) is 30.6 Å². The maximum Gasteiger partial charge on any atom is 0.200 e. The maximum absolute atomic E-state index is 12.3. The van der Waals surface area contributed by atoms with E-state index in [1.807, 2.05) is 6.07 Å². The Bertz CT molecular complexity index is 621. The molecule has 16 heavy (non-hydrogen) atoms. The zero-order chi connectivity index (χ0) is 12.0. The van der Waals surface area contributed by atoms with Gasteiger partial charge >= 0.3 is 0 Å². The molecule has 0 spiro atoms. The molecule has 5 heteroatoms. The van der Waals surface area contributed by atoms with E-state index in [2.05, 4.69) is 4.98 Å². The molecule has 0 aromatic carbocycles. The van der Waals surface area contributed by atoms with E-state index in [0.29, 0.717) is 5.65 Å². The van der Waals surface area contributed by atoms with Crippen LogP contribution in [-0.2, 0) is 9.84 Å². The number of hydrogen-bond acceptors (Lipinski definition) is 3. The monoisotopic (exact) mass is 238 g/mol. The van der Waals surface area contributed by atoms with Gasteiger partial charge < -0.3 is 0 Å². The summed E-state index contributed by atoms with van der Waals surface area (Å²) in [7, 11) is -3.36. The van der Waals surface area contributed by atoms with E-state index in [4.69, 9.17) is 0 Å². The summed E-state index contributed by atoms with van der Waals surface area (Å²) in [6.07, 6.45) is 3.12. The molecule has 0 fully saturated rings. The Morgan fingerprint density at radius 3 is 2.56 bits per heavy atom. The standard InChI is InChI=1S/C11H14N2O2S/c1-11(2,3)16(14,15)10-8-12-9-6-4-5-7-13(9)10/h4-8H,1-3H3. The number of nitrogens with zero attached hydrogens (tertiary/aromatic N) is 2. The van der Waals surface area contributed by atoms with Gasteiger partial charge in [0.25, 0.3) is 0 Å². The predicted molar refractivity (Wildman–Crippen MR) is 62.1 cm³/mol. The number of fused-ring (bicyclic) bond motifs is 1. The van der Waals surface area contributed by atoms with Gasteiger partial charge in [0.05, 0.1) is 10.9 Å². The Morgan fingerprint density at radius 2 is 1.94 bits per heavy atom. The molecular weight excluding hydrogens is 224 g/mol. The lowest BCUT2D eigenvalue weighted by Gasteiger charge is -2.18. The van der Waals surface area contributed by atoms with Gasteiger partial charge in [0, 0.05) is 6.20 Å². The van der Waals surface area contributed by atoms with E-state index in [9.17, 15) is 8.42 Å². The molecule has 0 aliphatic rings. The van der Waals surface area contributed by atoms with Gasteiger partial charge in [-0.05, 0) is 32.9 Å². The third-order valence-corrected chi connectivity index (χ3v) is 4.93. The minimum atomic E-state index is -3.36. The number of pyridine rings is 1. The second-order valence-electron chi connectivity index (χ2n) is 4.64. The first-order valence-corrected chi connectivity index (χ1v) is 6.49. The molecule has 0 radical (unpaired) electrons. The average Bonchev–Trinajstić information content (AvgIpc) is 2.59. The molecule has 0 saturated carbocycles.